The average Bonchev–Trinajstić information content (AvgIpc) is 3.24. The quantitative estimate of drug-likeness (QED) is 0.259. The Bertz CT molecular complexity index is 1370. The number of amidine groups is 1. The molecule has 1 aliphatic heterocycles. The average molecular weight is 596 g/mol. The summed E-state index contributed by atoms with van der Waals surface area (Å²) < 4.78 is 27.0. The molecule has 1 saturated carbocycles. The van der Waals surface area contributed by atoms with Gasteiger partial charge in [0.1, 0.15) is 18.1 Å². The molecule has 0 bridgehead atoms. The van der Waals surface area contributed by atoms with Crippen molar-refractivity contribution in [2.45, 2.75) is 44.8 Å². The summed E-state index contributed by atoms with van der Waals surface area (Å²) in [4.78, 5) is 20.5. The van der Waals surface area contributed by atoms with Crippen molar-refractivity contribution in [3.05, 3.63) is 93.1 Å². The molecule has 0 atom stereocenters. The fraction of sp³-hybridized carbons (Fsp3) is 0.267. The minimum absolute atomic E-state index is 0.0732. The number of benzene rings is 3. The smallest absolute Gasteiger partial charge is 0.267 e. The third kappa shape index (κ3) is 6.13. The third-order valence-electron chi connectivity index (χ3n) is 6.64. The zero-order valence-corrected chi connectivity index (χ0v) is 23.4. The van der Waals surface area contributed by atoms with Gasteiger partial charge >= 0.3 is 0 Å². The lowest BCUT2D eigenvalue weighted by Gasteiger charge is -2.30. The number of ether oxygens (including phenoxy) is 2. The molecule has 0 aromatic heterocycles. The standard InChI is InChI=1S/C30H28BrFN2O3S/c1-36-27-17-21(13-16-26(27)37-19-20-11-14-22(31)15-12-20)18-28-29(35)34(23-7-3-2-4-8-23)30(38-28)33-25-10-6-5-9-24(25)32/h5-6,9-18,23H,2-4,7-8,19H2,1H3/b28-18-,33-30?. The molecular formula is C30H28BrFN2O3S. The molecule has 38 heavy (non-hydrogen) atoms. The number of thioether (sulfide) groups is 1. The highest BCUT2D eigenvalue weighted by Crippen LogP contribution is 2.39. The van der Waals surface area contributed by atoms with Crippen molar-refractivity contribution in [1.82, 2.24) is 4.90 Å². The minimum atomic E-state index is -0.405. The molecule has 1 amide bonds. The Morgan fingerprint density at radius 3 is 2.55 bits per heavy atom. The number of nitrogens with zero attached hydrogens (tertiary/aromatic N) is 2. The predicted molar refractivity (Wildman–Crippen MR) is 154 cm³/mol. The Morgan fingerprint density at radius 2 is 1.82 bits per heavy atom. The van der Waals surface area contributed by atoms with Gasteiger partial charge in [0, 0.05) is 10.5 Å². The predicted octanol–water partition coefficient (Wildman–Crippen LogP) is 8.11. The van der Waals surface area contributed by atoms with Crippen LogP contribution in [-0.2, 0) is 11.4 Å². The molecular weight excluding hydrogens is 567 g/mol. The van der Waals surface area contributed by atoms with Crippen molar-refractivity contribution < 1.29 is 18.7 Å². The second-order valence-corrected chi connectivity index (χ2v) is 11.2. The van der Waals surface area contributed by atoms with Crippen molar-refractivity contribution in [1.29, 1.82) is 0 Å². The number of carbonyl (C=O) groups is 1. The summed E-state index contributed by atoms with van der Waals surface area (Å²) in [5.74, 6) is 0.703. The van der Waals surface area contributed by atoms with Crippen LogP contribution in [0.15, 0.2) is 81.1 Å². The van der Waals surface area contributed by atoms with E-state index in [0.717, 1.165) is 41.3 Å². The highest BCUT2D eigenvalue weighted by molar-refractivity contribution is 9.10. The molecule has 1 heterocycles. The molecule has 196 valence electrons. The van der Waals surface area contributed by atoms with Crippen LogP contribution >= 0.6 is 27.7 Å². The molecule has 3 aromatic rings. The van der Waals surface area contributed by atoms with E-state index in [4.69, 9.17) is 9.47 Å². The summed E-state index contributed by atoms with van der Waals surface area (Å²) in [5, 5.41) is 0.527. The molecule has 0 N–H and O–H groups in total. The van der Waals surface area contributed by atoms with Crippen LogP contribution in [0.2, 0.25) is 0 Å². The second kappa shape index (κ2) is 12.2. The van der Waals surface area contributed by atoms with Crippen LogP contribution in [0.25, 0.3) is 6.08 Å². The van der Waals surface area contributed by atoms with Crippen LogP contribution in [0.4, 0.5) is 10.1 Å². The van der Waals surface area contributed by atoms with Crippen molar-refractivity contribution >= 4 is 50.5 Å². The van der Waals surface area contributed by atoms with Crippen molar-refractivity contribution in [3.63, 3.8) is 0 Å². The zero-order valence-electron chi connectivity index (χ0n) is 21.0. The van der Waals surface area contributed by atoms with Gasteiger partial charge in [-0.15, -0.1) is 0 Å². The van der Waals surface area contributed by atoms with E-state index < -0.39 is 5.82 Å². The van der Waals surface area contributed by atoms with E-state index in [-0.39, 0.29) is 17.6 Å². The molecule has 0 spiro atoms. The van der Waals surface area contributed by atoms with Crippen LogP contribution in [0.5, 0.6) is 11.5 Å². The Hall–Kier alpha value is -3.10. The van der Waals surface area contributed by atoms with E-state index in [9.17, 15) is 9.18 Å². The molecule has 2 aliphatic rings. The molecule has 1 aliphatic carbocycles. The van der Waals surface area contributed by atoms with Gasteiger partial charge in [0.15, 0.2) is 16.7 Å². The van der Waals surface area contributed by atoms with Gasteiger partial charge in [-0.05, 0) is 78.2 Å². The molecule has 0 unspecified atom stereocenters. The summed E-state index contributed by atoms with van der Waals surface area (Å²) in [6.45, 7) is 0.407. The van der Waals surface area contributed by atoms with Crippen LogP contribution in [0.1, 0.15) is 43.2 Å². The number of hydrogen-bond donors (Lipinski definition) is 0. The normalized spacial score (nSPS) is 18.4. The second-order valence-electron chi connectivity index (χ2n) is 9.25. The molecule has 1 saturated heterocycles. The van der Waals surface area contributed by atoms with E-state index in [1.54, 1.807) is 30.2 Å². The SMILES string of the molecule is COc1cc(/C=C2\SC(=Nc3ccccc3F)N(C3CCCCC3)C2=O)ccc1OCc1ccc(Br)cc1. The molecule has 3 aromatic carbocycles. The van der Waals surface area contributed by atoms with Crippen molar-refractivity contribution in [2.24, 2.45) is 4.99 Å². The topological polar surface area (TPSA) is 51.1 Å². The first kappa shape index (κ1) is 26.5. The van der Waals surface area contributed by atoms with Gasteiger partial charge in [-0.3, -0.25) is 9.69 Å². The first-order chi connectivity index (χ1) is 18.5. The molecule has 8 heteroatoms. The van der Waals surface area contributed by atoms with E-state index in [1.807, 2.05) is 48.5 Å². The number of para-hydroxylation sites is 1. The molecule has 2 fully saturated rings. The largest absolute Gasteiger partial charge is 0.493 e. The summed E-state index contributed by atoms with van der Waals surface area (Å²) in [7, 11) is 1.60. The summed E-state index contributed by atoms with van der Waals surface area (Å²) >= 11 is 4.73. The molecule has 5 nitrogen and oxygen atoms in total. The lowest BCUT2D eigenvalue weighted by Crippen LogP contribution is -2.40. The minimum Gasteiger partial charge on any atom is -0.493 e. The maximum absolute atomic E-state index is 14.4. The van der Waals surface area contributed by atoms with Gasteiger partial charge < -0.3 is 9.47 Å². The molecule has 5 rings (SSSR count). The number of carbonyl (C=O) groups excluding carboxylic acids is 1. The highest BCUT2D eigenvalue weighted by Gasteiger charge is 2.38. The van der Waals surface area contributed by atoms with Crippen LogP contribution in [-0.4, -0.2) is 29.1 Å². The maximum atomic E-state index is 14.4. The Balaban J connectivity index is 1.40. The fourth-order valence-corrected chi connectivity index (χ4v) is 5.97. The van der Waals surface area contributed by atoms with Crippen LogP contribution in [0, 0.1) is 5.82 Å². The van der Waals surface area contributed by atoms with Crippen molar-refractivity contribution in [2.75, 3.05) is 7.11 Å². The van der Waals surface area contributed by atoms with Gasteiger partial charge in [-0.25, -0.2) is 9.38 Å². The van der Waals surface area contributed by atoms with E-state index in [2.05, 4.69) is 20.9 Å². The Morgan fingerprint density at radius 1 is 1.05 bits per heavy atom. The fourth-order valence-electron chi connectivity index (χ4n) is 4.66. The summed E-state index contributed by atoms with van der Waals surface area (Å²) in [5.41, 5.74) is 2.09. The highest BCUT2D eigenvalue weighted by atomic mass is 79.9. The van der Waals surface area contributed by atoms with Gasteiger partial charge in [-0.2, -0.15) is 0 Å². The van der Waals surface area contributed by atoms with E-state index in [1.165, 1.54) is 24.2 Å². The monoisotopic (exact) mass is 594 g/mol. The van der Waals surface area contributed by atoms with Gasteiger partial charge in [0.2, 0.25) is 0 Å². The van der Waals surface area contributed by atoms with E-state index >= 15 is 0 Å². The lowest BCUT2D eigenvalue weighted by atomic mass is 9.94. The number of rotatable bonds is 7. The number of halogens is 2. The number of amides is 1. The van der Waals surface area contributed by atoms with E-state index in [0.29, 0.717) is 28.2 Å². The number of methoxy groups -OCH3 is 1. The Labute approximate surface area is 234 Å². The molecule has 0 radical (unpaired) electrons. The number of aliphatic imine (C=N–C) groups is 1. The van der Waals surface area contributed by atoms with Gasteiger partial charge in [-0.1, -0.05) is 65.5 Å². The Kier molecular flexibility index (Phi) is 8.49. The summed E-state index contributed by atoms with van der Waals surface area (Å²) in [6.07, 6.45) is 7.01. The van der Waals surface area contributed by atoms with Gasteiger partial charge in [0.25, 0.3) is 5.91 Å². The number of hydrogen-bond acceptors (Lipinski definition) is 5. The zero-order chi connectivity index (χ0) is 26.5. The van der Waals surface area contributed by atoms with Crippen LogP contribution < -0.4 is 9.47 Å². The first-order valence-corrected chi connectivity index (χ1v) is 14.2. The summed E-state index contributed by atoms with van der Waals surface area (Å²) in [6, 6.07) is 20.0. The first-order valence-electron chi connectivity index (χ1n) is 12.6. The lowest BCUT2D eigenvalue weighted by molar-refractivity contribution is -0.124. The van der Waals surface area contributed by atoms with Crippen LogP contribution in [0.3, 0.4) is 0 Å². The third-order valence-corrected chi connectivity index (χ3v) is 8.15. The van der Waals surface area contributed by atoms with Gasteiger partial charge in [0.05, 0.1) is 12.0 Å². The van der Waals surface area contributed by atoms with Crippen molar-refractivity contribution in [3.8, 4) is 11.5 Å². The maximum Gasteiger partial charge on any atom is 0.267 e.